The van der Waals surface area contributed by atoms with Crippen LogP contribution in [0.25, 0.3) is 0 Å². The normalized spacial score (nSPS) is 18.9. The quantitative estimate of drug-likeness (QED) is 0.529. The van der Waals surface area contributed by atoms with Crippen LogP contribution in [0.1, 0.15) is 35.9 Å². The van der Waals surface area contributed by atoms with Gasteiger partial charge < -0.3 is 24.6 Å². The summed E-state index contributed by atoms with van der Waals surface area (Å²) in [6.07, 6.45) is 2.42. The second-order valence-corrected chi connectivity index (χ2v) is 8.34. The fourth-order valence-corrected chi connectivity index (χ4v) is 4.69. The molecule has 10 heteroatoms. The minimum atomic E-state index is -1.05. The molecule has 5 rings (SSSR count). The van der Waals surface area contributed by atoms with E-state index in [4.69, 9.17) is 19.3 Å². The molecule has 2 aliphatic rings. The average Bonchev–Trinajstić information content (AvgIpc) is 3.34. The Balaban J connectivity index is 1.48. The van der Waals surface area contributed by atoms with E-state index in [1.54, 1.807) is 31.0 Å². The lowest BCUT2D eigenvalue weighted by Gasteiger charge is -2.35. The van der Waals surface area contributed by atoms with Gasteiger partial charge in [-0.1, -0.05) is 18.2 Å². The van der Waals surface area contributed by atoms with Gasteiger partial charge in [0, 0.05) is 17.7 Å². The zero-order valence-electron chi connectivity index (χ0n) is 19.2. The zero-order valence-corrected chi connectivity index (χ0v) is 19.2. The summed E-state index contributed by atoms with van der Waals surface area (Å²) < 4.78 is 17.7. The Kier molecular flexibility index (Phi) is 5.86. The summed E-state index contributed by atoms with van der Waals surface area (Å²) in [7, 11) is 3.18. The van der Waals surface area contributed by atoms with E-state index in [0.717, 1.165) is 16.8 Å². The molecule has 0 spiro atoms. The van der Waals surface area contributed by atoms with Crippen LogP contribution in [-0.4, -0.2) is 52.5 Å². The number of nitrogens with one attached hydrogen (secondary N) is 1. The number of aromatic nitrogens is 3. The van der Waals surface area contributed by atoms with Gasteiger partial charge >= 0.3 is 5.97 Å². The molecule has 2 N–H and O–H groups in total. The third-order valence-electron chi connectivity index (χ3n) is 6.30. The van der Waals surface area contributed by atoms with E-state index in [0.29, 0.717) is 41.6 Å². The van der Waals surface area contributed by atoms with Crippen molar-refractivity contribution in [2.75, 3.05) is 26.1 Å². The first-order valence-electron chi connectivity index (χ1n) is 11.1. The van der Waals surface area contributed by atoms with E-state index in [2.05, 4.69) is 15.4 Å². The Morgan fingerprint density at radius 2 is 1.83 bits per heavy atom. The number of ketones is 1. The summed E-state index contributed by atoms with van der Waals surface area (Å²) in [4.78, 5) is 28.7. The smallest absolute Gasteiger partial charge is 0.341 e. The molecule has 0 saturated heterocycles. The van der Waals surface area contributed by atoms with Gasteiger partial charge in [-0.15, -0.1) is 0 Å². The predicted molar refractivity (Wildman–Crippen MR) is 125 cm³/mol. The Labute approximate surface area is 201 Å². The number of allylic oxidation sites excluding steroid dienone is 2. The van der Waals surface area contributed by atoms with E-state index in [1.165, 1.54) is 6.33 Å². The molecule has 0 bridgehead atoms. The van der Waals surface area contributed by atoms with Crippen LogP contribution < -0.4 is 19.5 Å². The van der Waals surface area contributed by atoms with E-state index in [9.17, 15) is 9.59 Å². The minimum Gasteiger partial charge on any atom is -0.493 e. The molecule has 3 aromatic rings. The number of fused-ring (bicyclic) bond motifs is 1. The number of carbonyl (C=O) groups excluding carboxylic acids is 1. The fraction of sp³-hybridized carbons (Fsp3) is 0.280. The Morgan fingerprint density at radius 1 is 1.09 bits per heavy atom. The van der Waals surface area contributed by atoms with Crippen LogP contribution in [0.4, 0.5) is 5.95 Å². The van der Waals surface area contributed by atoms with Crippen molar-refractivity contribution in [2.24, 2.45) is 0 Å². The van der Waals surface area contributed by atoms with Crippen molar-refractivity contribution >= 4 is 17.7 Å². The largest absolute Gasteiger partial charge is 0.493 e. The molecular formula is C25H24N4O6. The number of rotatable bonds is 7. The molecule has 0 unspecified atom stereocenters. The first kappa shape index (κ1) is 22.5. The lowest BCUT2D eigenvalue weighted by Crippen LogP contribution is -2.33. The number of hydrogen-bond acceptors (Lipinski definition) is 8. The number of ether oxygens (including phenoxy) is 3. The van der Waals surface area contributed by atoms with Gasteiger partial charge in [0.05, 0.1) is 14.2 Å². The van der Waals surface area contributed by atoms with E-state index >= 15 is 0 Å². The maximum absolute atomic E-state index is 13.5. The Morgan fingerprint density at radius 3 is 2.54 bits per heavy atom. The third kappa shape index (κ3) is 4.18. The van der Waals surface area contributed by atoms with E-state index in [-0.39, 0.29) is 11.7 Å². The Bertz CT molecular complexity index is 1310. The highest BCUT2D eigenvalue weighted by atomic mass is 16.5. The highest BCUT2D eigenvalue weighted by molar-refractivity contribution is 6.00. The maximum Gasteiger partial charge on any atom is 0.341 e. The van der Waals surface area contributed by atoms with Gasteiger partial charge in [-0.2, -0.15) is 10.1 Å². The van der Waals surface area contributed by atoms with Crippen LogP contribution in [0.5, 0.6) is 17.2 Å². The number of carboxylic acid groups (broad SMARTS) is 1. The summed E-state index contributed by atoms with van der Waals surface area (Å²) >= 11 is 0. The van der Waals surface area contributed by atoms with Gasteiger partial charge in [0.15, 0.2) is 23.9 Å². The molecule has 1 aliphatic heterocycles. The van der Waals surface area contributed by atoms with Crippen molar-refractivity contribution in [3.8, 4) is 17.2 Å². The summed E-state index contributed by atoms with van der Waals surface area (Å²) in [5.41, 5.74) is 3.29. The van der Waals surface area contributed by atoms with Gasteiger partial charge in [-0.05, 0) is 47.7 Å². The topological polar surface area (TPSA) is 125 Å². The van der Waals surface area contributed by atoms with Crippen molar-refractivity contribution in [1.82, 2.24) is 14.8 Å². The molecule has 2 aromatic carbocycles. The van der Waals surface area contributed by atoms with Gasteiger partial charge in [0.25, 0.3) is 0 Å². The van der Waals surface area contributed by atoms with Crippen molar-refractivity contribution in [3.05, 3.63) is 71.2 Å². The van der Waals surface area contributed by atoms with E-state index < -0.39 is 18.6 Å². The number of hydrogen-bond donors (Lipinski definition) is 2. The number of Topliss-reactive ketones (excluding diaryl/α,β-unsaturated/α-hetero) is 1. The first-order chi connectivity index (χ1) is 17.0. The van der Waals surface area contributed by atoms with Crippen LogP contribution >= 0.6 is 0 Å². The molecule has 1 aromatic heterocycles. The predicted octanol–water partition coefficient (Wildman–Crippen LogP) is 3.17. The van der Waals surface area contributed by atoms with Crippen LogP contribution in [0, 0.1) is 0 Å². The van der Waals surface area contributed by atoms with Crippen molar-refractivity contribution in [1.29, 1.82) is 0 Å². The van der Waals surface area contributed by atoms with E-state index in [1.807, 2.05) is 30.3 Å². The van der Waals surface area contributed by atoms with Gasteiger partial charge in [0.2, 0.25) is 5.95 Å². The third-order valence-corrected chi connectivity index (χ3v) is 6.30. The molecule has 35 heavy (non-hydrogen) atoms. The highest BCUT2D eigenvalue weighted by Gasteiger charge is 2.39. The fourth-order valence-electron chi connectivity index (χ4n) is 4.69. The maximum atomic E-state index is 13.5. The van der Waals surface area contributed by atoms with Gasteiger partial charge in [0.1, 0.15) is 18.1 Å². The molecule has 2 heterocycles. The standard InChI is InChI=1S/C25H24N4O6/c1-33-20-8-5-15(11-21(20)34-2)16-9-18-23(19(30)10-16)24(29-25(28-18)26-13-27-29)14-3-6-17(7-4-14)35-12-22(31)32/h3-8,11,13,16,24H,9-10,12H2,1-2H3,(H,31,32)(H,26,27,28)/t16-,24+/m1/s1. The molecular weight excluding hydrogens is 452 g/mol. The molecule has 0 fully saturated rings. The lowest BCUT2D eigenvalue weighted by molar-refractivity contribution is -0.139. The van der Waals surface area contributed by atoms with Gasteiger partial charge in [-0.25, -0.2) is 9.48 Å². The number of methoxy groups -OCH3 is 2. The number of benzene rings is 2. The van der Waals surface area contributed by atoms with Crippen LogP contribution in [0.15, 0.2) is 60.1 Å². The Hall–Kier alpha value is -4.34. The van der Waals surface area contributed by atoms with Gasteiger partial charge in [-0.3, -0.25) is 4.79 Å². The summed E-state index contributed by atoms with van der Waals surface area (Å²) in [6.45, 7) is -0.425. The first-order valence-corrected chi connectivity index (χ1v) is 11.1. The van der Waals surface area contributed by atoms with Crippen LogP contribution in [-0.2, 0) is 9.59 Å². The van der Waals surface area contributed by atoms with Crippen molar-refractivity contribution in [2.45, 2.75) is 24.8 Å². The van der Waals surface area contributed by atoms with Crippen molar-refractivity contribution < 1.29 is 28.9 Å². The minimum absolute atomic E-state index is 0.0240. The summed E-state index contributed by atoms with van der Waals surface area (Å²) in [5.74, 6) is 1.19. The molecule has 2 atom stereocenters. The molecule has 0 radical (unpaired) electrons. The van der Waals surface area contributed by atoms with Crippen LogP contribution in [0.2, 0.25) is 0 Å². The van der Waals surface area contributed by atoms with Crippen molar-refractivity contribution in [3.63, 3.8) is 0 Å². The summed E-state index contributed by atoms with van der Waals surface area (Å²) in [6, 6.07) is 12.3. The lowest BCUT2D eigenvalue weighted by atomic mass is 9.78. The summed E-state index contributed by atoms with van der Waals surface area (Å²) in [5, 5.41) is 16.5. The number of carbonyl (C=O) groups is 2. The molecule has 10 nitrogen and oxygen atoms in total. The zero-order chi connectivity index (χ0) is 24.5. The monoisotopic (exact) mass is 476 g/mol. The molecule has 0 amide bonds. The number of nitrogens with zero attached hydrogens (tertiary/aromatic N) is 3. The van der Waals surface area contributed by atoms with Crippen LogP contribution in [0.3, 0.4) is 0 Å². The second kappa shape index (κ2) is 9.13. The number of carboxylic acids is 1. The second-order valence-electron chi connectivity index (χ2n) is 8.34. The SMILES string of the molecule is COc1ccc([C@H]2CC(=O)C3=C(C2)Nc2ncnn2[C@H]3c2ccc(OCC(=O)O)cc2)cc1OC. The molecule has 1 aliphatic carbocycles. The average molecular weight is 476 g/mol. The number of aliphatic carboxylic acids is 1. The molecule has 180 valence electrons. The molecule has 0 saturated carbocycles. The number of anilines is 1. The highest BCUT2D eigenvalue weighted by Crippen LogP contribution is 2.45.